The topological polar surface area (TPSA) is 70.8 Å². The van der Waals surface area contributed by atoms with Gasteiger partial charge in [-0.2, -0.15) is 4.31 Å². The molecule has 150 valence electrons. The Balaban J connectivity index is 1.68. The molecular weight excluding hydrogens is 396 g/mol. The van der Waals surface area contributed by atoms with Gasteiger partial charge in [-0.1, -0.05) is 19.1 Å². The molecule has 0 saturated carbocycles. The maximum absolute atomic E-state index is 13.3. The molecule has 2 aromatic rings. The summed E-state index contributed by atoms with van der Waals surface area (Å²) in [6.45, 7) is 5.36. The number of carbonyl (C=O) groups is 1. The van der Waals surface area contributed by atoms with Crippen molar-refractivity contribution in [3.8, 4) is 0 Å². The van der Waals surface area contributed by atoms with Crippen molar-refractivity contribution in [2.75, 3.05) is 24.5 Å². The maximum Gasteiger partial charge on any atom is 0.294 e. The van der Waals surface area contributed by atoms with E-state index in [1.54, 1.807) is 23.6 Å². The van der Waals surface area contributed by atoms with Crippen molar-refractivity contribution in [3.05, 3.63) is 41.9 Å². The van der Waals surface area contributed by atoms with Crippen molar-refractivity contribution in [3.63, 3.8) is 0 Å². The van der Waals surface area contributed by atoms with Crippen LogP contribution in [0.4, 0.5) is 5.69 Å². The van der Waals surface area contributed by atoms with Crippen LogP contribution < -0.4 is 4.90 Å². The van der Waals surface area contributed by atoms with Gasteiger partial charge in [-0.15, -0.1) is 11.8 Å². The maximum atomic E-state index is 13.3. The van der Waals surface area contributed by atoms with Crippen LogP contribution in [0.25, 0.3) is 0 Å². The molecule has 1 atom stereocenters. The van der Waals surface area contributed by atoms with Crippen LogP contribution in [-0.2, 0) is 10.0 Å². The van der Waals surface area contributed by atoms with Crippen molar-refractivity contribution < 1.29 is 17.6 Å². The van der Waals surface area contributed by atoms with Crippen LogP contribution in [0.1, 0.15) is 42.5 Å². The number of benzene rings is 1. The fraction of sp³-hybridized carbons (Fsp3) is 0.450. The predicted molar refractivity (Wildman–Crippen MR) is 109 cm³/mol. The van der Waals surface area contributed by atoms with Crippen molar-refractivity contribution in [1.29, 1.82) is 0 Å². The van der Waals surface area contributed by atoms with Gasteiger partial charge in [0.25, 0.3) is 5.91 Å². The van der Waals surface area contributed by atoms with Crippen LogP contribution >= 0.6 is 11.8 Å². The SMILES string of the molecule is Cc1oc(C(=O)N2CCC(C)Sc3ccccc32)cc1S(=O)(=O)N1CCCC1. The fourth-order valence-corrected chi connectivity index (χ4v) is 6.52. The molecule has 1 aromatic carbocycles. The quantitative estimate of drug-likeness (QED) is 0.753. The van der Waals surface area contributed by atoms with Crippen molar-refractivity contribution >= 4 is 33.4 Å². The molecule has 1 saturated heterocycles. The Morgan fingerprint density at radius 3 is 2.64 bits per heavy atom. The first-order valence-corrected chi connectivity index (χ1v) is 11.9. The third kappa shape index (κ3) is 3.49. The van der Waals surface area contributed by atoms with Gasteiger partial charge in [-0.25, -0.2) is 8.42 Å². The number of para-hydroxylation sites is 1. The standard InChI is InChI=1S/C20H24N2O4S2/c1-14-9-12-22(16-7-3-4-8-18(16)27-14)20(23)17-13-19(15(2)26-17)28(24,25)21-10-5-6-11-21/h3-4,7-8,13-14H,5-6,9-12H2,1-2H3. The Morgan fingerprint density at radius 2 is 1.89 bits per heavy atom. The summed E-state index contributed by atoms with van der Waals surface area (Å²) in [4.78, 5) is 16.1. The van der Waals surface area contributed by atoms with E-state index >= 15 is 0 Å². The van der Waals surface area contributed by atoms with Gasteiger partial charge in [-0.05, 0) is 38.3 Å². The molecular formula is C20H24N2O4S2. The zero-order valence-electron chi connectivity index (χ0n) is 16.1. The highest BCUT2D eigenvalue weighted by atomic mass is 32.2. The molecule has 0 N–H and O–H groups in total. The number of rotatable bonds is 3. The average Bonchev–Trinajstić information content (AvgIpc) is 3.30. The molecule has 4 rings (SSSR count). The van der Waals surface area contributed by atoms with E-state index in [0.717, 1.165) is 29.8 Å². The number of hydrogen-bond acceptors (Lipinski definition) is 5. The zero-order chi connectivity index (χ0) is 19.9. The normalized spacial score (nSPS) is 20.8. The summed E-state index contributed by atoms with van der Waals surface area (Å²) in [5.74, 6) is 0.0406. The molecule has 1 amide bonds. The molecule has 6 nitrogen and oxygen atoms in total. The smallest absolute Gasteiger partial charge is 0.294 e. The first kappa shape index (κ1) is 19.5. The number of anilines is 1. The largest absolute Gasteiger partial charge is 0.455 e. The van der Waals surface area contributed by atoms with E-state index in [-0.39, 0.29) is 22.3 Å². The minimum Gasteiger partial charge on any atom is -0.455 e. The highest BCUT2D eigenvalue weighted by Gasteiger charge is 2.33. The summed E-state index contributed by atoms with van der Waals surface area (Å²) in [5.41, 5.74) is 0.847. The first-order valence-electron chi connectivity index (χ1n) is 9.56. The van der Waals surface area contributed by atoms with E-state index in [2.05, 4.69) is 6.92 Å². The Hall–Kier alpha value is -1.77. The van der Waals surface area contributed by atoms with Gasteiger partial charge >= 0.3 is 0 Å². The van der Waals surface area contributed by atoms with E-state index in [9.17, 15) is 13.2 Å². The minimum atomic E-state index is -3.62. The van der Waals surface area contributed by atoms with Crippen molar-refractivity contribution in [2.45, 2.75) is 48.2 Å². The van der Waals surface area contributed by atoms with E-state index in [1.165, 1.54) is 10.4 Å². The summed E-state index contributed by atoms with van der Waals surface area (Å²) in [5, 5.41) is 0.392. The molecule has 2 aliphatic heterocycles. The highest BCUT2D eigenvalue weighted by molar-refractivity contribution is 8.00. The summed E-state index contributed by atoms with van der Waals surface area (Å²) in [7, 11) is -3.62. The lowest BCUT2D eigenvalue weighted by molar-refractivity contribution is 0.0958. The van der Waals surface area contributed by atoms with Gasteiger partial charge in [0.15, 0.2) is 5.76 Å². The molecule has 2 aliphatic rings. The average molecular weight is 421 g/mol. The molecule has 0 radical (unpaired) electrons. The number of fused-ring (bicyclic) bond motifs is 1. The Bertz CT molecular complexity index is 993. The van der Waals surface area contributed by atoms with E-state index in [0.29, 0.717) is 24.9 Å². The van der Waals surface area contributed by atoms with Gasteiger partial charge in [0.2, 0.25) is 10.0 Å². The second-order valence-corrected chi connectivity index (χ2v) is 10.7. The summed E-state index contributed by atoms with van der Waals surface area (Å²) in [6.07, 6.45) is 2.58. The monoisotopic (exact) mass is 420 g/mol. The van der Waals surface area contributed by atoms with E-state index < -0.39 is 10.0 Å². The third-order valence-corrected chi connectivity index (χ3v) is 8.50. The molecule has 3 heterocycles. The van der Waals surface area contributed by atoms with Gasteiger partial charge in [0.05, 0.1) is 5.69 Å². The molecule has 0 aliphatic carbocycles. The summed E-state index contributed by atoms with van der Waals surface area (Å²) >= 11 is 1.75. The van der Waals surface area contributed by atoms with Gasteiger partial charge < -0.3 is 9.32 Å². The number of furan rings is 1. The molecule has 0 bridgehead atoms. The summed E-state index contributed by atoms with van der Waals surface area (Å²) in [6, 6.07) is 9.21. The molecule has 28 heavy (non-hydrogen) atoms. The van der Waals surface area contributed by atoms with Gasteiger partial charge in [0.1, 0.15) is 10.7 Å². The minimum absolute atomic E-state index is 0.0737. The molecule has 0 spiro atoms. The molecule has 1 aromatic heterocycles. The first-order chi connectivity index (χ1) is 13.4. The van der Waals surface area contributed by atoms with E-state index in [4.69, 9.17) is 4.42 Å². The second-order valence-electron chi connectivity index (χ2n) is 7.28. The Labute approximate surface area is 169 Å². The van der Waals surface area contributed by atoms with Crippen molar-refractivity contribution in [2.24, 2.45) is 0 Å². The Morgan fingerprint density at radius 1 is 1.18 bits per heavy atom. The fourth-order valence-electron chi connectivity index (χ4n) is 3.73. The van der Waals surface area contributed by atoms with Crippen molar-refractivity contribution in [1.82, 2.24) is 4.31 Å². The van der Waals surface area contributed by atoms with Gasteiger partial charge in [0, 0.05) is 35.8 Å². The van der Waals surface area contributed by atoms with Crippen LogP contribution in [0.15, 0.2) is 44.5 Å². The lowest BCUT2D eigenvalue weighted by Crippen LogP contribution is -2.32. The molecule has 1 unspecified atom stereocenters. The lowest BCUT2D eigenvalue weighted by atomic mass is 10.2. The number of thioether (sulfide) groups is 1. The number of amides is 1. The van der Waals surface area contributed by atoms with Crippen LogP contribution in [0, 0.1) is 6.92 Å². The van der Waals surface area contributed by atoms with Gasteiger partial charge in [-0.3, -0.25) is 4.79 Å². The third-order valence-electron chi connectivity index (χ3n) is 5.25. The number of aryl methyl sites for hydroxylation is 1. The molecule has 8 heteroatoms. The van der Waals surface area contributed by atoms with E-state index in [1.807, 2.05) is 24.3 Å². The predicted octanol–water partition coefficient (Wildman–Crippen LogP) is 3.90. The number of sulfonamides is 1. The Kier molecular flexibility index (Phi) is 5.28. The lowest BCUT2D eigenvalue weighted by Gasteiger charge is -2.21. The second kappa shape index (κ2) is 7.57. The zero-order valence-corrected chi connectivity index (χ0v) is 17.7. The molecule has 1 fully saturated rings. The number of hydrogen-bond donors (Lipinski definition) is 0. The highest BCUT2D eigenvalue weighted by Crippen LogP contribution is 2.38. The number of nitrogens with zero attached hydrogens (tertiary/aromatic N) is 2. The number of carbonyl (C=O) groups excluding carboxylic acids is 1. The van der Waals surface area contributed by atoms with Crippen LogP contribution in [0.5, 0.6) is 0 Å². The van der Waals surface area contributed by atoms with Crippen LogP contribution in [0.2, 0.25) is 0 Å². The van der Waals surface area contributed by atoms with Crippen LogP contribution in [0.3, 0.4) is 0 Å². The summed E-state index contributed by atoms with van der Waals surface area (Å²) < 4.78 is 32.9. The van der Waals surface area contributed by atoms with Crippen LogP contribution in [-0.4, -0.2) is 43.5 Å².